The molecule has 0 aromatic heterocycles. The van der Waals surface area contributed by atoms with E-state index in [4.69, 9.17) is 9.47 Å². The summed E-state index contributed by atoms with van der Waals surface area (Å²) in [6, 6.07) is 5.97. The molecule has 1 saturated carbocycles. The first kappa shape index (κ1) is 21.4. The zero-order valence-corrected chi connectivity index (χ0v) is 18.5. The van der Waals surface area contributed by atoms with E-state index in [0.29, 0.717) is 61.9 Å². The van der Waals surface area contributed by atoms with E-state index >= 15 is 0 Å². The molecule has 4 aliphatic rings. The maximum absolute atomic E-state index is 12.7. The van der Waals surface area contributed by atoms with E-state index in [1.165, 1.54) is 11.1 Å². The van der Waals surface area contributed by atoms with Crippen LogP contribution in [0.3, 0.4) is 0 Å². The third-order valence-corrected chi connectivity index (χ3v) is 8.47. The minimum atomic E-state index is -1.41. The Morgan fingerprint density at radius 3 is 2.84 bits per heavy atom. The molecule has 3 fully saturated rings. The molecule has 2 saturated heterocycles. The Morgan fingerprint density at radius 2 is 2.06 bits per heavy atom. The highest BCUT2D eigenvalue weighted by molar-refractivity contribution is 6.58. The minimum absolute atomic E-state index is 0.0768. The summed E-state index contributed by atoms with van der Waals surface area (Å²) in [5, 5.41) is 19.1. The van der Waals surface area contributed by atoms with Crippen LogP contribution in [0, 0.1) is 17.8 Å². The van der Waals surface area contributed by atoms with E-state index in [9.17, 15) is 14.8 Å². The molecule has 31 heavy (non-hydrogen) atoms. The van der Waals surface area contributed by atoms with E-state index in [-0.39, 0.29) is 11.5 Å². The van der Waals surface area contributed by atoms with Crippen molar-refractivity contribution >= 4 is 18.5 Å². The lowest BCUT2D eigenvalue weighted by atomic mass is 9.56. The van der Waals surface area contributed by atoms with Crippen LogP contribution in [0.4, 0.5) is 0 Å². The summed E-state index contributed by atoms with van der Waals surface area (Å²) >= 11 is 0. The third kappa shape index (κ3) is 3.95. The second-order valence-corrected chi connectivity index (χ2v) is 10.1. The van der Waals surface area contributed by atoms with Crippen molar-refractivity contribution in [3.63, 3.8) is 0 Å². The van der Waals surface area contributed by atoms with Gasteiger partial charge in [0.1, 0.15) is 0 Å². The second kappa shape index (κ2) is 8.51. The van der Waals surface area contributed by atoms with Crippen molar-refractivity contribution in [2.45, 2.75) is 57.0 Å². The van der Waals surface area contributed by atoms with Gasteiger partial charge in [-0.05, 0) is 79.3 Å². The summed E-state index contributed by atoms with van der Waals surface area (Å²) in [5.41, 5.74) is 3.17. The van der Waals surface area contributed by atoms with Crippen LogP contribution in [0.2, 0.25) is 0 Å². The van der Waals surface area contributed by atoms with E-state index in [1.54, 1.807) is 0 Å². The van der Waals surface area contributed by atoms with E-state index < -0.39 is 7.12 Å². The molecule has 1 aromatic rings. The third-order valence-electron chi connectivity index (χ3n) is 8.47. The van der Waals surface area contributed by atoms with Crippen LogP contribution < -0.4 is 5.46 Å². The summed E-state index contributed by atoms with van der Waals surface area (Å²) in [5.74, 6) is 2.25. The molecule has 6 nitrogen and oxygen atoms in total. The Bertz CT molecular complexity index is 826. The minimum Gasteiger partial charge on any atom is -0.423 e. The second-order valence-electron chi connectivity index (χ2n) is 10.1. The average Bonchev–Trinajstić information content (AvgIpc) is 3.14. The predicted octanol–water partition coefficient (Wildman–Crippen LogP) is 1.47. The number of rotatable bonds is 4. The van der Waals surface area contributed by atoms with Crippen LogP contribution in [-0.2, 0) is 20.7 Å². The van der Waals surface area contributed by atoms with Crippen molar-refractivity contribution in [3.05, 3.63) is 29.3 Å². The van der Waals surface area contributed by atoms with Gasteiger partial charge in [-0.15, -0.1) is 0 Å². The molecule has 2 aliphatic heterocycles. The molecule has 7 heteroatoms. The van der Waals surface area contributed by atoms with Gasteiger partial charge in [0, 0.05) is 19.5 Å². The highest BCUT2D eigenvalue weighted by Gasteiger charge is 2.55. The molecular formula is C24H34BNO5. The van der Waals surface area contributed by atoms with Gasteiger partial charge in [0.15, 0.2) is 0 Å². The maximum Gasteiger partial charge on any atom is 0.488 e. The van der Waals surface area contributed by atoms with E-state index in [1.807, 2.05) is 17.0 Å². The topological polar surface area (TPSA) is 79.2 Å². The van der Waals surface area contributed by atoms with Gasteiger partial charge in [0.25, 0.3) is 0 Å². The van der Waals surface area contributed by atoms with Crippen molar-refractivity contribution < 1.29 is 24.3 Å². The number of morpholine rings is 1. The number of ether oxygens (including phenoxy) is 2. The predicted molar refractivity (Wildman–Crippen MR) is 118 cm³/mol. The lowest BCUT2D eigenvalue weighted by Crippen LogP contribution is -2.47. The van der Waals surface area contributed by atoms with Gasteiger partial charge in [0.2, 0.25) is 5.91 Å². The fourth-order valence-electron chi connectivity index (χ4n) is 6.94. The molecule has 1 aromatic carbocycles. The molecular weight excluding hydrogens is 393 g/mol. The molecule has 0 radical (unpaired) electrons. The van der Waals surface area contributed by atoms with Crippen LogP contribution in [0.15, 0.2) is 18.2 Å². The van der Waals surface area contributed by atoms with Crippen LogP contribution in [0.25, 0.3) is 0 Å². The van der Waals surface area contributed by atoms with Gasteiger partial charge in [-0.3, -0.25) is 4.79 Å². The Hall–Kier alpha value is -1.41. The molecule has 1 amide bonds. The highest BCUT2D eigenvalue weighted by atomic mass is 16.5. The summed E-state index contributed by atoms with van der Waals surface area (Å²) in [6.07, 6.45) is 5.76. The van der Waals surface area contributed by atoms with E-state index in [2.05, 4.69) is 13.0 Å². The standard InChI is InChI=1S/C24H34BNO5/c1-24-9-8-20-19-6-4-18(25(28)29)14-16(19)2-5-21(20)23(24)17(15-31-24)3-7-22(27)26-10-12-30-13-11-26/h4,6,14,17,20-21,23,28-29H,2-3,5,7-13,15H2,1H3/t17-,20?,21?,23?,24+/m1/s1. The first-order valence-electron chi connectivity index (χ1n) is 11.9. The van der Waals surface area contributed by atoms with E-state index in [0.717, 1.165) is 38.7 Å². The number of hydrogen-bond acceptors (Lipinski definition) is 5. The number of amides is 1. The van der Waals surface area contributed by atoms with Gasteiger partial charge in [-0.2, -0.15) is 0 Å². The fourth-order valence-corrected chi connectivity index (χ4v) is 6.94. The zero-order valence-electron chi connectivity index (χ0n) is 18.5. The Kier molecular flexibility index (Phi) is 5.88. The molecule has 5 atom stereocenters. The summed E-state index contributed by atoms with van der Waals surface area (Å²) in [4.78, 5) is 14.7. The first-order chi connectivity index (χ1) is 15.0. The Labute approximate surface area is 185 Å². The molecule has 0 bridgehead atoms. The van der Waals surface area contributed by atoms with Crippen LogP contribution in [0.1, 0.15) is 56.1 Å². The van der Waals surface area contributed by atoms with Gasteiger partial charge in [0.05, 0.1) is 25.4 Å². The summed E-state index contributed by atoms with van der Waals surface area (Å²) < 4.78 is 11.8. The number of carbonyl (C=O) groups excluding carboxylic acids is 1. The molecule has 5 rings (SSSR count). The van der Waals surface area contributed by atoms with Gasteiger partial charge in [-0.25, -0.2) is 0 Å². The van der Waals surface area contributed by atoms with Gasteiger partial charge in [-0.1, -0.05) is 18.2 Å². The number of benzene rings is 1. The van der Waals surface area contributed by atoms with Crippen molar-refractivity contribution in [1.29, 1.82) is 0 Å². The number of carbonyl (C=O) groups is 1. The molecule has 2 heterocycles. The van der Waals surface area contributed by atoms with Gasteiger partial charge >= 0.3 is 7.12 Å². The lowest BCUT2D eigenvalue weighted by Gasteiger charge is -2.49. The quantitative estimate of drug-likeness (QED) is 0.712. The molecule has 2 aliphatic carbocycles. The number of nitrogens with zero attached hydrogens (tertiary/aromatic N) is 1. The van der Waals surface area contributed by atoms with Crippen molar-refractivity contribution in [1.82, 2.24) is 4.90 Å². The highest BCUT2D eigenvalue weighted by Crippen LogP contribution is 2.58. The first-order valence-corrected chi connectivity index (χ1v) is 11.9. The fraction of sp³-hybridized carbons (Fsp3) is 0.708. The molecule has 168 valence electrons. The molecule has 2 N–H and O–H groups in total. The van der Waals surface area contributed by atoms with Crippen LogP contribution >= 0.6 is 0 Å². The van der Waals surface area contributed by atoms with Crippen molar-refractivity contribution in [2.24, 2.45) is 17.8 Å². The Morgan fingerprint density at radius 1 is 1.26 bits per heavy atom. The van der Waals surface area contributed by atoms with Gasteiger partial charge < -0.3 is 24.4 Å². The average molecular weight is 427 g/mol. The number of hydrogen-bond donors (Lipinski definition) is 2. The van der Waals surface area contributed by atoms with Crippen molar-refractivity contribution in [3.8, 4) is 0 Å². The Balaban J connectivity index is 1.31. The van der Waals surface area contributed by atoms with Crippen molar-refractivity contribution in [2.75, 3.05) is 32.9 Å². The lowest BCUT2D eigenvalue weighted by molar-refractivity contribution is -0.135. The maximum atomic E-state index is 12.7. The summed E-state index contributed by atoms with van der Waals surface area (Å²) in [7, 11) is -1.41. The largest absolute Gasteiger partial charge is 0.488 e. The monoisotopic (exact) mass is 427 g/mol. The normalized spacial score (nSPS) is 34.6. The zero-order chi connectivity index (χ0) is 21.6. The number of fused-ring (bicyclic) bond motifs is 5. The molecule has 3 unspecified atom stereocenters. The molecule has 0 spiro atoms. The number of aryl methyl sites for hydroxylation is 1. The summed E-state index contributed by atoms with van der Waals surface area (Å²) in [6.45, 7) is 5.79. The smallest absolute Gasteiger partial charge is 0.423 e. The van der Waals surface area contributed by atoms with Crippen LogP contribution in [-0.4, -0.2) is 66.5 Å². The van der Waals surface area contributed by atoms with Crippen LogP contribution in [0.5, 0.6) is 0 Å². The SMILES string of the molecule is C[C@]12CCC3c4ccc(B(O)O)cc4CCC3C1[C@H](CCC(=O)N1CCOCC1)CO2.